The van der Waals surface area contributed by atoms with Crippen LogP contribution in [0.1, 0.15) is 36.5 Å². The smallest absolute Gasteiger partial charge is 0.173 e. The molecule has 1 saturated carbocycles. The minimum absolute atomic E-state index is 0.00530. The highest BCUT2D eigenvalue weighted by molar-refractivity contribution is 6.22. The first-order chi connectivity index (χ1) is 15.1. The fraction of sp³-hybridized carbons (Fsp3) is 0.458. The Morgan fingerprint density at radius 1 is 1.19 bits per heavy atom. The number of rotatable bonds is 4. The van der Waals surface area contributed by atoms with Crippen LogP contribution in [0.5, 0.6) is 5.75 Å². The van der Waals surface area contributed by atoms with Crippen molar-refractivity contribution in [2.45, 2.75) is 32.8 Å². The number of ketones is 3. The standard InChI is InChI=1S/C24H27NO7/c1-10(26)17-16(27)8-12-5-11-6-14-15(25(2)3)7-13(9-32-4)21(28)20(14)24(31)18(11)23(30)19(12)22(17)29/h7,11-12,19,28-29,31H,5-6,8-9H2,1-4H3. The van der Waals surface area contributed by atoms with Gasteiger partial charge >= 0.3 is 0 Å². The molecule has 170 valence electrons. The molecule has 32 heavy (non-hydrogen) atoms. The van der Waals surface area contributed by atoms with Crippen molar-refractivity contribution in [1.29, 1.82) is 0 Å². The van der Waals surface area contributed by atoms with Gasteiger partial charge in [-0.15, -0.1) is 0 Å². The zero-order valence-corrected chi connectivity index (χ0v) is 18.6. The first-order valence-electron chi connectivity index (χ1n) is 10.6. The fourth-order valence-corrected chi connectivity index (χ4v) is 5.52. The topological polar surface area (TPSA) is 124 Å². The van der Waals surface area contributed by atoms with E-state index < -0.39 is 34.9 Å². The molecule has 0 aromatic heterocycles. The molecule has 0 heterocycles. The molecule has 8 heteroatoms. The lowest BCUT2D eigenvalue weighted by molar-refractivity contribution is -0.127. The van der Waals surface area contributed by atoms with Crippen molar-refractivity contribution >= 4 is 28.8 Å². The number of methoxy groups -OCH3 is 1. The maximum atomic E-state index is 13.5. The summed E-state index contributed by atoms with van der Waals surface area (Å²) in [6, 6.07) is 1.81. The number of benzene rings is 1. The number of aromatic hydroxyl groups is 1. The second kappa shape index (κ2) is 7.78. The van der Waals surface area contributed by atoms with Gasteiger partial charge in [0.1, 0.15) is 17.3 Å². The van der Waals surface area contributed by atoms with Crippen molar-refractivity contribution in [1.82, 2.24) is 0 Å². The average molecular weight is 441 g/mol. The summed E-state index contributed by atoms with van der Waals surface area (Å²) < 4.78 is 5.18. The number of phenolic OH excluding ortho intramolecular Hbond substituents is 1. The van der Waals surface area contributed by atoms with E-state index >= 15 is 0 Å². The number of aliphatic hydroxyl groups excluding tert-OH is 2. The van der Waals surface area contributed by atoms with Gasteiger partial charge in [-0.05, 0) is 43.2 Å². The minimum Gasteiger partial charge on any atom is -0.511 e. The van der Waals surface area contributed by atoms with Gasteiger partial charge in [0.05, 0.1) is 23.7 Å². The van der Waals surface area contributed by atoms with Gasteiger partial charge in [0, 0.05) is 44.4 Å². The zero-order valence-electron chi connectivity index (χ0n) is 18.6. The number of fused-ring (bicyclic) bond motifs is 3. The Balaban J connectivity index is 1.91. The zero-order chi connectivity index (χ0) is 23.5. The van der Waals surface area contributed by atoms with Crippen LogP contribution in [0.4, 0.5) is 5.69 Å². The second-order valence-corrected chi connectivity index (χ2v) is 9.03. The number of hydrogen-bond acceptors (Lipinski definition) is 8. The molecule has 0 saturated heterocycles. The molecular formula is C24H27NO7. The third-order valence-electron chi connectivity index (χ3n) is 6.83. The molecule has 3 aliphatic rings. The number of carbonyl (C=O) groups excluding carboxylic acids is 3. The molecule has 0 radical (unpaired) electrons. The van der Waals surface area contributed by atoms with Gasteiger partial charge in [0.2, 0.25) is 0 Å². The van der Waals surface area contributed by atoms with E-state index in [-0.39, 0.29) is 47.2 Å². The van der Waals surface area contributed by atoms with Crippen LogP contribution >= 0.6 is 0 Å². The third-order valence-corrected chi connectivity index (χ3v) is 6.83. The number of anilines is 1. The summed E-state index contributed by atoms with van der Waals surface area (Å²) in [5.41, 5.74) is 2.00. The number of ether oxygens (including phenoxy) is 1. The third kappa shape index (κ3) is 3.12. The van der Waals surface area contributed by atoms with Crippen LogP contribution in [-0.4, -0.2) is 53.9 Å². The van der Waals surface area contributed by atoms with Gasteiger partial charge in [-0.1, -0.05) is 0 Å². The van der Waals surface area contributed by atoms with E-state index in [0.717, 1.165) is 11.3 Å². The fourth-order valence-electron chi connectivity index (χ4n) is 5.52. The van der Waals surface area contributed by atoms with Crippen molar-refractivity contribution in [2.24, 2.45) is 17.8 Å². The van der Waals surface area contributed by atoms with Crippen LogP contribution in [0.25, 0.3) is 5.76 Å². The Bertz CT molecular complexity index is 1110. The maximum Gasteiger partial charge on any atom is 0.173 e. The van der Waals surface area contributed by atoms with E-state index in [2.05, 4.69) is 0 Å². The molecule has 4 rings (SSSR count). The lowest BCUT2D eigenvalue weighted by Gasteiger charge is -2.41. The van der Waals surface area contributed by atoms with Crippen LogP contribution in [-0.2, 0) is 32.1 Å². The van der Waals surface area contributed by atoms with Crippen molar-refractivity contribution in [3.8, 4) is 5.75 Å². The lowest BCUT2D eigenvalue weighted by Crippen LogP contribution is -2.43. The van der Waals surface area contributed by atoms with Crippen LogP contribution < -0.4 is 4.90 Å². The molecular weight excluding hydrogens is 414 g/mol. The predicted molar refractivity (Wildman–Crippen MR) is 116 cm³/mol. The number of nitrogens with zero attached hydrogens (tertiary/aromatic N) is 1. The van der Waals surface area contributed by atoms with Crippen LogP contribution in [0.2, 0.25) is 0 Å². The Hall–Kier alpha value is -3.13. The van der Waals surface area contributed by atoms with Crippen LogP contribution in [0, 0.1) is 17.8 Å². The van der Waals surface area contributed by atoms with Gasteiger partial charge in [-0.2, -0.15) is 0 Å². The largest absolute Gasteiger partial charge is 0.511 e. The van der Waals surface area contributed by atoms with Gasteiger partial charge < -0.3 is 25.0 Å². The molecule has 0 bridgehead atoms. The summed E-state index contributed by atoms with van der Waals surface area (Å²) in [6.07, 6.45) is 0.811. The highest BCUT2D eigenvalue weighted by Gasteiger charge is 2.50. The van der Waals surface area contributed by atoms with Gasteiger partial charge in [-0.25, -0.2) is 0 Å². The Kier molecular flexibility index (Phi) is 5.36. The number of Topliss-reactive ketones (excluding diaryl/α,β-unsaturated/α-hetero) is 3. The molecule has 3 unspecified atom stereocenters. The normalized spacial score (nSPS) is 24.8. The summed E-state index contributed by atoms with van der Waals surface area (Å²) >= 11 is 0. The number of phenols is 1. The average Bonchev–Trinajstić information content (AvgIpc) is 2.68. The Morgan fingerprint density at radius 3 is 2.47 bits per heavy atom. The SMILES string of the molecule is COCc1cc(N(C)C)c2c(c1O)C(O)=C1C(=O)C3C(O)=C(C(C)=O)C(=O)CC3CC1C2. The van der Waals surface area contributed by atoms with Gasteiger partial charge in [-0.3, -0.25) is 14.4 Å². The lowest BCUT2D eigenvalue weighted by atomic mass is 9.61. The summed E-state index contributed by atoms with van der Waals surface area (Å²) in [4.78, 5) is 39.7. The summed E-state index contributed by atoms with van der Waals surface area (Å²) in [5, 5.41) is 32.8. The van der Waals surface area contributed by atoms with Crippen molar-refractivity contribution in [3.05, 3.63) is 39.7 Å². The van der Waals surface area contributed by atoms with Gasteiger partial charge in [0.15, 0.2) is 17.3 Å². The molecule has 8 nitrogen and oxygen atoms in total. The van der Waals surface area contributed by atoms with Crippen molar-refractivity contribution in [2.75, 3.05) is 26.1 Å². The van der Waals surface area contributed by atoms with E-state index in [4.69, 9.17) is 4.74 Å². The number of hydrogen-bond donors (Lipinski definition) is 3. The second-order valence-electron chi connectivity index (χ2n) is 9.03. The molecule has 0 amide bonds. The van der Waals surface area contributed by atoms with Crippen molar-refractivity contribution < 1.29 is 34.4 Å². The van der Waals surface area contributed by atoms with E-state index in [0.29, 0.717) is 18.4 Å². The molecule has 3 N–H and O–H groups in total. The number of allylic oxidation sites excluding steroid dienone is 3. The molecule has 1 aromatic carbocycles. The molecule has 0 aliphatic heterocycles. The highest BCUT2D eigenvalue weighted by Crippen LogP contribution is 2.52. The van der Waals surface area contributed by atoms with E-state index in [1.54, 1.807) is 6.07 Å². The molecule has 1 aromatic rings. The van der Waals surface area contributed by atoms with Gasteiger partial charge in [0.25, 0.3) is 0 Å². The predicted octanol–water partition coefficient (Wildman–Crippen LogP) is 2.63. The highest BCUT2D eigenvalue weighted by atomic mass is 16.5. The Labute approximate surface area is 185 Å². The first-order valence-corrected chi connectivity index (χ1v) is 10.6. The van der Waals surface area contributed by atoms with Crippen molar-refractivity contribution in [3.63, 3.8) is 0 Å². The van der Waals surface area contributed by atoms with Crippen LogP contribution in [0.15, 0.2) is 23.0 Å². The molecule has 3 atom stereocenters. The minimum atomic E-state index is -1.04. The Morgan fingerprint density at radius 2 is 1.88 bits per heavy atom. The molecule has 3 aliphatic carbocycles. The number of aliphatic hydroxyl groups is 2. The number of carbonyl (C=O) groups is 3. The monoisotopic (exact) mass is 441 g/mol. The van der Waals surface area contributed by atoms with E-state index in [1.165, 1.54) is 14.0 Å². The maximum absolute atomic E-state index is 13.5. The quantitative estimate of drug-likeness (QED) is 0.609. The van der Waals surface area contributed by atoms with E-state index in [1.807, 2.05) is 19.0 Å². The van der Waals surface area contributed by atoms with Crippen LogP contribution in [0.3, 0.4) is 0 Å². The summed E-state index contributed by atoms with van der Waals surface area (Å²) in [7, 11) is 5.21. The first kappa shape index (κ1) is 22.1. The summed E-state index contributed by atoms with van der Waals surface area (Å²) in [6.45, 7) is 1.31. The molecule has 1 fully saturated rings. The molecule has 0 spiro atoms. The van der Waals surface area contributed by atoms with E-state index in [9.17, 15) is 29.7 Å². The summed E-state index contributed by atoms with van der Waals surface area (Å²) in [5.74, 6) is -4.33.